The predicted molar refractivity (Wildman–Crippen MR) is 69.7 cm³/mol. The average Bonchev–Trinajstić information content (AvgIpc) is 3.06. The van der Waals surface area contributed by atoms with Crippen LogP contribution in [0.1, 0.15) is 10.4 Å². The standard InChI is InChI=1S/C12H10N6O2/c13-11(20)7-1-2-8-9(5-7)18(3-4-19)17-10(8)12-14-6-15-16-12/h1-2,4-6H,3H2,(H2,13,20)(H,14,15,16). The Balaban J connectivity index is 2.27. The van der Waals surface area contributed by atoms with Crippen LogP contribution in [0.2, 0.25) is 0 Å². The number of aldehydes is 1. The molecule has 1 aromatic carbocycles. The smallest absolute Gasteiger partial charge is 0.248 e. The number of aromatic nitrogens is 5. The van der Waals surface area contributed by atoms with Crippen LogP contribution in [0.15, 0.2) is 24.5 Å². The summed E-state index contributed by atoms with van der Waals surface area (Å²) in [6.45, 7) is 0.0762. The Morgan fingerprint density at radius 2 is 2.30 bits per heavy atom. The van der Waals surface area contributed by atoms with Crippen molar-refractivity contribution >= 4 is 23.1 Å². The van der Waals surface area contributed by atoms with E-state index in [9.17, 15) is 9.59 Å². The van der Waals surface area contributed by atoms with E-state index in [4.69, 9.17) is 5.73 Å². The van der Waals surface area contributed by atoms with Crippen molar-refractivity contribution < 1.29 is 9.59 Å². The van der Waals surface area contributed by atoms with E-state index in [1.54, 1.807) is 18.2 Å². The number of nitrogens with zero attached hydrogens (tertiary/aromatic N) is 4. The summed E-state index contributed by atoms with van der Waals surface area (Å²) in [4.78, 5) is 24.8. The Morgan fingerprint density at radius 1 is 1.45 bits per heavy atom. The van der Waals surface area contributed by atoms with E-state index in [1.165, 1.54) is 11.0 Å². The Labute approximate surface area is 112 Å². The lowest BCUT2D eigenvalue weighted by molar-refractivity contribution is -0.108. The van der Waals surface area contributed by atoms with Gasteiger partial charge in [-0.3, -0.25) is 9.48 Å². The predicted octanol–water partition coefficient (Wildman–Crippen LogP) is 0.119. The Kier molecular flexibility index (Phi) is 2.75. The van der Waals surface area contributed by atoms with E-state index < -0.39 is 5.91 Å². The zero-order valence-electron chi connectivity index (χ0n) is 10.3. The molecule has 0 bridgehead atoms. The number of H-pyrrole nitrogens is 1. The molecule has 3 rings (SSSR count). The number of rotatable bonds is 4. The maximum absolute atomic E-state index is 11.2. The van der Waals surface area contributed by atoms with Crippen LogP contribution in [-0.2, 0) is 11.3 Å². The van der Waals surface area contributed by atoms with Crippen LogP contribution in [0.5, 0.6) is 0 Å². The van der Waals surface area contributed by atoms with Gasteiger partial charge in [0.2, 0.25) is 5.91 Å². The van der Waals surface area contributed by atoms with Gasteiger partial charge in [-0.15, -0.1) is 10.2 Å². The van der Waals surface area contributed by atoms with Crippen LogP contribution in [-0.4, -0.2) is 37.2 Å². The minimum atomic E-state index is -0.535. The van der Waals surface area contributed by atoms with Gasteiger partial charge in [0.25, 0.3) is 0 Å². The van der Waals surface area contributed by atoms with E-state index in [-0.39, 0.29) is 6.54 Å². The quantitative estimate of drug-likeness (QED) is 0.652. The van der Waals surface area contributed by atoms with Crippen molar-refractivity contribution in [2.75, 3.05) is 0 Å². The van der Waals surface area contributed by atoms with Gasteiger partial charge in [0.1, 0.15) is 18.3 Å². The minimum Gasteiger partial charge on any atom is -0.366 e. The number of amides is 1. The molecule has 3 N–H and O–H groups in total. The maximum Gasteiger partial charge on any atom is 0.248 e. The number of fused-ring (bicyclic) bond motifs is 1. The topological polar surface area (TPSA) is 120 Å². The number of primary amides is 1. The lowest BCUT2D eigenvalue weighted by atomic mass is 10.1. The van der Waals surface area contributed by atoms with Crippen LogP contribution in [0.3, 0.4) is 0 Å². The Morgan fingerprint density at radius 3 is 2.95 bits per heavy atom. The molecule has 3 aromatic rings. The number of nitrogens with one attached hydrogen (secondary N) is 1. The largest absolute Gasteiger partial charge is 0.366 e. The van der Waals surface area contributed by atoms with Gasteiger partial charge < -0.3 is 15.5 Å². The highest BCUT2D eigenvalue weighted by atomic mass is 16.1. The van der Waals surface area contributed by atoms with Crippen molar-refractivity contribution in [1.82, 2.24) is 25.0 Å². The van der Waals surface area contributed by atoms with Crippen molar-refractivity contribution in [3.05, 3.63) is 30.1 Å². The van der Waals surface area contributed by atoms with Gasteiger partial charge in [-0.05, 0) is 18.2 Å². The first-order valence-electron chi connectivity index (χ1n) is 5.81. The van der Waals surface area contributed by atoms with Gasteiger partial charge in [0.05, 0.1) is 12.1 Å². The minimum absolute atomic E-state index is 0.0762. The molecule has 0 spiro atoms. The first-order chi connectivity index (χ1) is 9.70. The number of aromatic amines is 1. The van der Waals surface area contributed by atoms with Crippen molar-refractivity contribution in [1.29, 1.82) is 0 Å². The second-order valence-corrected chi connectivity index (χ2v) is 4.13. The molecule has 0 atom stereocenters. The van der Waals surface area contributed by atoms with Crippen LogP contribution >= 0.6 is 0 Å². The van der Waals surface area contributed by atoms with Crippen LogP contribution in [0, 0.1) is 0 Å². The molecular formula is C12H10N6O2. The summed E-state index contributed by atoms with van der Waals surface area (Å²) in [7, 11) is 0. The lowest BCUT2D eigenvalue weighted by Gasteiger charge is -1.99. The third-order valence-corrected chi connectivity index (χ3v) is 2.92. The van der Waals surface area contributed by atoms with Gasteiger partial charge in [0.15, 0.2) is 5.82 Å². The second kappa shape index (κ2) is 4.57. The molecule has 2 aromatic heterocycles. The molecular weight excluding hydrogens is 260 g/mol. The van der Waals surface area contributed by atoms with Gasteiger partial charge >= 0.3 is 0 Å². The second-order valence-electron chi connectivity index (χ2n) is 4.13. The van der Waals surface area contributed by atoms with Gasteiger partial charge in [-0.1, -0.05) is 0 Å². The molecule has 0 aliphatic heterocycles. The zero-order chi connectivity index (χ0) is 14.1. The number of carbonyl (C=O) groups is 2. The normalized spacial score (nSPS) is 10.8. The lowest BCUT2D eigenvalue weighted by Crippen LogP contribution is -2.11. The van der Waals surface area contributed by atoms with E-state index in [0.717, 1.165) is 11.7 Å². The molecule has 8 heteroatoms. The number of hydrogen-bond donors (Lipinski definition) is 2. The third-order valence-electron chi connectivity index (χ3n) is 2.92. The van der Waals surface area contributed by atoms with Crippen LogP contribution in [0.25, 0.3) is 22.4 Å². The van der Waals surface area contributed by atoms with E-state index >= 15 is 0 Å². The fourth-order valence-corrected chi connectivity index (χ4v) is 2.03. The van der Waals surface area contributed by atoms with E-state index in [1.807, 2.05) is 0 Å². The first-order valence-corrected chi connectivity index (χ1v) is 5.81. The number of hydrogen-bond acceptors (Lipinski definition) is 5. The van der Waals surface area contributed by atoms with E-state index in [0.29, 0.717) is 22.6 Å². The molecule has 0 radical (unpaired) electrons. The summed E-state index contributed by atoms with van der Waals surface area (Å²) in [6.07, 6.45) is 2.17. The summed E-state index contributed by atoms with van der Waals surface area (Å²) < 4.78 is 1.49. The molecule has 0 saturated heterocycles. The van der Waals surface area contributed by atoms with E-state index in [2.05, 4.69) is 20.3 Å². The molecule has 0 fully saturated rings. The number of carbonyl (C=O) groups excluding carboxylic acids is 2. The van der Waals surface area contributed by atoms with Gasteiger partial charge in [-0.2, -0.15) is 5.10 Å². The number of benzene rings is 1. The summed E-state index contributed by atoms with van der Waals surface area (Å²) in [6, 6.07) is 4.94. The van der Waals surface area contributed by atoms with Gasteiger partial charge in [-0.25, -0.2) is 0 Å². The molecule has 0 unspecified atom stereocenters. The molecule has 20 heavy (non-hydrogen) atoms. The molecule has 100 valence electrons. The molecule has 0 aliphatic rings. The Hall–Kier alpha value is -3.03. The average molecular weight is 270 g/mol. The molecule has 8 nitrogen and oxygen atoms in total. The monoisotopic (exact) mass is 270 g/mol. The highest BCUT2D eigenvalue weighted by molar-refractivity contribution is 5.99. The summed E-state index contributed by atoms with van der Waals surface area (Å²) >= 11 is 0. The molecule has 0 saturated carbocycles. The zero-order valence-corrected chi connectivity index (χ0v) is 10.3. The van der Waals surface area contributed by atoms with Crippen molar-refractivity contribution in [2.45, 2.75) is 6.54 Å². The van der Waals surface area contributed by atoms with Crippen LogP contribution in [0.4, 0.5) is 0 Å². The number of nitrogens with two attached hydrogens (primary N) is 1. The van der Waals surface area contributed by atoms with Crippen molar-refractivity contribution in [3.63, 3.8) is 0 Å². The fraction of sp³-hybridized carbons (Fsp3) is 0.0833. The Bertz CT molecular complexity index is 790. The first kappa shape index (κ1) is 12.0. The fourth-order valence-electron chi connectivity index (χ4n) is 2.03. The molecule has 1 amide bonds. The highest BCUT2D eigenvalue weighted by Crippen LogP contribution is 2.26. The summed E-state index contributed by atoms with van der Waals surface area (Å²) in [5.74, 6) is -0.0431. The van der Waals surface area contributed by atoms with Gasteiger partial charge in [0, 0.05) is 10.9 Å². The van der Waals surface area contributed by atoms with Crippen LogP contribution < -0.4 is 5.73 Å². The summed E-state index contributed by atoms with van der Waals surface area (Å²) in [5, 5.41) is 12.7. The molecule has 0 aliphatic carbocycles. The third kappa shape index (κ3) is 1.83. The van der Waals surface area contributed by atoms with Crippen molar-refractivity contribution in [3.8, 4) is 11.5 Å². The summed E-state index contributed by atoms with van der Waals surface area (Å²) in [5.41, 5.74) is 6.82. The van der Waals surface area contributed by atoms with Crippen molar-refractivity contribution in [2.24, 2.45) is 5.73 Å². The maximum atomic E-state index is 11.2. The molecule has 2 heterocycles. The SMILES string of the molecule is NC(=O)c1ccc2c(-c3nnc[nH]3)nn(CC=O)c2c1. The highest BCUT2D eigenvalue weighted by Gasteiger charge is 2.15.